The Kier molecular flexibility index (Phi) is 3.28. The van der Waals surface area contributed by atoms with Crippen LogP contribution < -0.4 is 0 Å². The number of hydrogen-bond donors (Lipinski definition) is 0. The lowest BCUT2D eigenvalue weighted by Crippen LogP contribution is -2.07. The number of aromatic nitrogens is 7. The molecule has 21 heavy (non-hydrogen) atoms. The Morgan fingerprint density at radius 2 is 1.90 bits per heavy atom. The highest BCUT2D eigenvalue weighted by Gasteiger charge is 2.17. The van der Waals surface area contributed by atoms with Crippen LogP contribution in [0.4, 0.5) is 0 Å². The molecule has 0 aromatic carbocycles. The highest BCUT2D eigenvalue weighted by molar-refractivity contribution is 5.51. The van der Waals surface area contributed by atoms with Crippen LogP contribution in [0, 0.1) is 6.92 Å². The molecule has 3 aromatic heterocycles. The molecule has 0 spiro atoms. The molecular formula is C13H17N7O. The van der Waals surface area contributed by atoms with Crippen LogP contribution in [0.1, 0.15) is 32.0 Å². The molecule has 3 rings (SSSR count). The van der Waals surface area contributed by atoms with Crippen molar-refractivity contribution in [2.45, 2.75) is 33.2 Å². The SMILES string of the molecule is CCC(C)n1nc(-c2nnc(-c3cn(C)nn3)o2)cc1C. The van der Waals surface area contributed by atoms with Gasteiger partial charge in [0.1, 0.15) is 5.69 Å². The third-order valence-corrected chi connectivity index (χ3v) is 3.40. The molecule has 110 valence electrons. The molecule has 8 heteroatoms. The lowest BCUT2D eigenvalue weighted by molar-refractivity contribution is 0.466. The van der Waals surface area contributed by atoms with E-state index >= 15 is 0 Å². The van der Waals surface area contributed by atoms with Crippen molar-refractivity contribution in [3.8, 4) is 23.2 Å². The Labute approximate surface area is 121 Å². The maximum absolute atomic E-state index is 5.64. The Balaban J connectivity index is 1.93. The number of rotatable bonds is 4. The van der Waals surface area contributed by atoms with E-state index in [1.54, 1.807) is 17.9 Å². The second-order valence-corrected chi connectivity index (χ2v) is 5.06. The largest absolute Gasteiger partial charge is 0.413 e. The molecule has 0 aliphatic rings. The Bertz CT molecular complexity index is 754. The number of nitrogens with zero attached hydrogens (tertiary/aromatic N) is 7. The van der Waals surface area contributed by atoms with Gasteiger partial charge in [-0.25, -0.2) is 0 Å². The molecule has 1 unspecified atom stereocenters. The third-order valence-electron chi connectivity index (χ3n) is 3.40. The van der Waals surface area contributed by atoms with Crippen LogP contribution in [0.5, 0.6) is 0 Å². The van der Waals surface area contributed by atoms with Gasteiger partial charge in [-0.1, -0.05) is 12.1 Å². The summed E-state index contributed by atoms with van der Waals surface area (Å²) in [5.41, 5.74) is 2.29. The van der Waals surface area contributed by atoms with E-state index in [9.17, 15) is 0 Å². The standard InChI is InChI=1S/C13H17N7O/c1-5-8(2)20-9(3)6-10(17-20)12-15-16-13(21-12)11-7-19(4)18-14-11/h6-8H,5H2,1-4H3. The van der Waals surface area contributed by atoms with Gasteiger partial charge < -0.3 is 4.42 Å². The predicted molar refractivity (Wildman–Crippen MR) is 75.3 cm³/mol. The van der Waals surface area contributed by atoms with Crippen molar-refractivity contribution in [2.75, 3.05) is 0 Å². The fourth-order valence-electron chi connectivity index (χ4n) is 2.09. The fourth-order valence-corrected chi connectivity index (χ4v) is 2.09. The minimum Gasteiger partial charge on any atom is -0.413 e. The molecule has 3 heterocycles. The van der Waals surface area contributed by atoms with Crippen LogP contribution >= 0.6 is 0 Å². The lowest BCUT2D eigenvalue weighted by atomic mass is 10.2. The van der Waals surface area contributed by atoms with E-state index in [1.165, 1.54) is 0 Å². The molecule has 0 N–H and O–H groups in total. The second kappa shape index (κ2) is 5.12. The Morgan fingerprint density at radius 3 is 2.52 bits per heavy atom. The van der Waals surface area contributed by atoms with E-state index in [0.717, 1.165) is 12.1 Å². The van der Waals surface area contributed by atoms with Crippen molar-refractivity contribution in [2.24, 2.45) is 7.05 Å². The normalized spacial score (nSPS) is 12.8. The molecule has 0 saturated carbocycles. The first-order valence-electron chi connectivity index (χ1n) is 6.85. The van der Waals surface area contributed by atoms with Gasteiger partial charge in [-0.05, 0) is 26.3 Å². The van der Waals surface area contributed by atoms with Crippen molar-refractivity contribution in [3.63, 3.8) is 0 Å². The van der Waals surface area contributed by atoms with Crippen LogP contribution in [0.3, 0.4) is 0 Å². The summed E-state index contributed by atoms with van der Waals surface area (Å²) < 4.78 is 9.19. The van der Waals surface area contributed by atoms with Crippen LogP contribution in [-0.4, -0.2) is 35.0 Å². The van der Waals surface area contributed by atoms with E-state index < -0.39 is 0 Å². The van der Waals surface area contributed by atoms with Crippen LogP contribution in [0.25, 0.3) is 23.2 Å². The Hall–Kier alpha value is -2.51. The van der Waals surface area contributed by atoms with Crippen molar-refractivity contribution in [1.29, 1.82) is 0 Å². The second-order valence-electron chi connectivity index (χ2n) is 5.06. The molecule has 0 radical (unpaired) electrons. The Morgan fingerprint density at radius 1 is 1.19 bits per heavy atom. The number of hydrogen-bond acceptors (Lipinski definition) is 6. The van der Waals surface area contributed by atoms with Crippen LogP contribution in [0.2, 0.25) is 0 Å². The summed E-state index contributed by atoms with van der Waals surface area (Å²) in [6, 6.07) is 2.28. The fraction of sp³-hybridized carbons (Fsp3) is 0.462. The molecule has 1 atom stereocenters. The van der Waals surface area contributed by atoms with Crippen LogP contribution in [-0.2, 0) is 7.05 Å². The minimum atomic E-state index is 0.334. The summed E-state index contributed by atoms with van der Waals surface area (Å²) in [5.74, 6) is 0.731. The molecule has 0 aliphatic heterocycles. The van der Waals surface area contributed by atoms with E-state index in [2.05, 4.69) is 39.5 Å². The third kappa shape index (κ3) is 2.44. The van der Waals surface area contributed by atoms with Crippen molar-refractivity contribution in [1.82, 2.24) is 35.0 Å². The highest BCUT2D eigenvalue weighted by Crippen LogP contribution is 2.23. The lowest BCUT2D eigenvalue weighted by Gasteiger charge is -2.10. The quantitative estimate of drug-likeness (QED) is 0.729. The molecule has 3 aromatic rings. The molecule has 0 aliphatic carbocycles. The molecular weight excluding hydrogens is 270 g/mol. The number of aryl methyl sites for hydroxylation is 2. The van der Waals surface area contributed by atoms with Crippen LogP contribution in [0.15, 0.2) is 16.7 Å². The molecule has 0 bridgehead atoms. The van der Waals surface area contributed by atoms with Gasteiger partial charge >= 0.3 is 0 Å². The van der Waals surface area contributed by atoms with E-state index in [4.69, 9.17) is 4.42 Å². The van der Waals surface area contributed by atoms with Gasteiger partial charge in [0.05, 0.1) is 6.20 Å². The minimum absolute atomic E-state index is 0.334. The molecule has 0 amide bonds. The monoisotopic (exact) mass is 287 g/mol. The van der Waals surface area contributed by atoms with Crippen molar-refractivity contribution >= 4 is 0 Å². The summed E-state index contributed by atoms with van der Waals surface area (Å²) in [7, 11) is 1.78. The van der Waals surface area contributed by atoms with Gasteiger partial charge in [-0.3, -0.25) is 9.36 Å². The topological polar surface area (TPSA) is 87.5 Å². The summed E-state index contributed by atoms with van der Waals surface area (Å²) >= 11 is 0. The zero-order chi connectivity index (χ0) is 15.0. The summed E-state index contributed by atoms with van der Waals surface area (Å²) in [4.78, 5) is 0. The van der Waals surface area contributed by atoms with Crippen molar-refractivity contribution in [3.05, 3.63) is 18.0 Å². The summed E-state index contributed by atoms with van der Waals surface area (Å²) in [5, 5.41) is 20.4. The molecule has 0 saturated heterocycles. The van der Waals surface area contributed by atoms with Gasteiger partial charge in [0.2, 0.25) is 0 Å². The first kappa shape index (κ1) is 13.5. The maximum atomic E-state index is 5.64. The summed E-state index contributed by atoms with van der Waals surface area (Å²) in [6.45, 7) is 6.27. The maximum Gasteiger partial charge on any atom is 0.270 e. The molecule has 8 nitrogen and oxygen atoms in total. The zero-order valence-corrected chi connectivity index (χ0v) is 12.5. The van der Waals surface area contributed by atoms with Gasteiger partial charge in [0.15, 0.2) is 5.69 Å². The van der Waals surface area contributed by atoms with E-state index in [0.29, 0.717) is 29.2 Å². The molecule has 0 fully saturated rings. The van der Waals surface area contributed by atoms with Crippen molar-refractivity contribution < 1.29 is 4.42 Å². The average Bonchev–Trinajstić information content (AvgIpc) is 3.16. The first-order chi connectivity index (χ1) is 10.1. The van der Waals surface area contributed by atoms with E-state index in [-0.39, 0.29) is 0 Å². The summed E-state index contributed by atoms with van der Waals surface area (Å²) in [6.07, 6.45) is 2.73. The smallest absolute Gasteiger partial charge is 0.270 e. The van der Waals surface area contributed by atoms with Gasteiger partial charge in [-0.2, -0.15) is 5.10 Å². The average molecular weight is 287 g/mol. The zero-order valence-electron chi connectivity index (χ0n) is 12.5. The first-order valence-corrected chi connectivity index (χ1v) is 6.85. The van der Waals surface area contributed by atoms with Gasteiger partial charge in [0.25, 0.3) is 11.8 Å². The van der Waals surface area contributed by atoms with Gasteiger partial charge in [-0.15, -0.1) is 15.3 Å². The highest BCUT2D eigenvalue weighted by atomic mass is 16.4. The predicted octanol–water partition coefficient (Wildman–Crippen LogP) is 2.01. The van der Waals surface area contributed by atoms with E-state index in [1.807, 2.05) is 17.7 Å². The van der Waals surface area contributed by atoms with Gasteiger partial charge in [0, 0.05) is 18.8 Å².